The van der Waals surface area contributed by atoms with E-state index in [2.05, 4.69) is 11.9 Å². The third-order valence-corrected chi connectivity index (χ3v) is 1.91. The summed E-state index contributed by atoms with van der Waals surface area (Å²) in [6.07, 6.45) is 1.46. The molecule has 0 unspecified atom stereocenters. The Balaban J connectivity index is 2.19. The van der Waals surface area contributed by atoms with Gasteiger partial charge >= 0.3 is 0 Å². The Morgan fingerprint density at radius 2 is 2.00 bits per heavy atom. The molecule has 1 aliphatic rings. The van der Waals surface area contributed by atoms with Crippen LogP contribution in [0.2, 0.25) is 0 Å². The molecule has 2 N–H and O–H groups in total. The Bertz CT molecular complexity index is 190. The van der Waals surface area contributed by atoms with Crippen molar-refractivity contribution in [3.63, 3.8) is 0 Å². The summed E-state index contributed by atoms with van der Waals surface area (Å²) >= 11 is 0. The second-order valence-corrected chi connectivity index (χ2v) is 4.60. The van der Waals surface area contributed by atoms with E-state index >= 15 is 0 Å². The van der Waals surface area contributed by atoms with Crippen LogP contribution in [0, 0.1) is 0 Å². The maximum absolute atomic E-state index is 9.05. The zero-order valence-electron chi connectivity index (χ0n) is 8.63. The van der Waals surface area contributed by atoms with Gasteiger partial charge in [-0.1, -0.05) is 0 Å². The van der Waals surface area contributed by atoms with E-state index in [9.17, 15) is 0 Å². The largest absolute Gasteiger partial charge is 0.474 e. The summed E-state index contributed by atoms with van der Waals surface area (Å²) in [6, 6.07) is 0.338. The molecule has 0 aromatic carbocycles. The van der Waals surface area contributed by atoms with Gasteiger partial charge in [0, 0.05) is 6.04 Å². The predicted molar refractivity (Wildman–Crippen MR) is 52.1 cm³/mol. The van der Waals surface area contributed by atoms with Crippen molar-refractivity contribution >= 4 is 0 Å². The lowest BCUT2D eigenvalue weighted by molar-refractivity contribution is 0.0170. The number of aliphatic hydroxyl groups excluding tert-OH is 1. The van der Waals surface area contributed by atoms with Crippen LogP contribution < -0.4 is 5.32 Å². The van der Waals surface area contributed by atoms with E-state index in [1.165, 1.54) is 0 Å². The van der Waals surface area contributed by atoms with E-state index in [4.69, 9.17) is 9.84 Å². The zero-order valence-corrected chi connectivity index (χ0v) is 8.63. The number of hydrogen-bond acceptors (Lipinski definition) is 3. The highest BCUT2D eigenvalue weighted by Crippen LogP contribution is 2.21. The maximum atomic E-state index is 9.05. The van der Waals surface area contributed by atoms with Crippen LogP contribution in [0.4, 0.5) is 0 Å². The van der Waals surface area contributed by atoms with Gasteiger partial charge in [0.05, 0.1) is 6.10 Å². The van der Waals surface area contributed by atoms with Crippen LogP contribution in [0.15, 0.2) is 12.5 Å². The van der Waals surface area contributed by atoms with Crippen LogP contribution in [0.1, 0.15) is 33.6 Å². The molecule has 0 saturated heterocycles. The number of nitrogens with one attached hydrogen (secondary N) is 1. The zero-order chi connectivity index (χ0) is 10.1. The first-order valence-electron chi connectivity index (χ1n) is 4.69. The average molecular weight is 185 g/mol. The summed E-state index contributed by atoms with van der Waals surface area (Å²) in [5.41, 5.74) is -0.202. The molecule has 1 aliphatic carbocycles. The molecular weight excluding hydrogens is 166 g/mol. The molecule has 0 aromatic heterocycles. The van der Waals surface area contributed by atoms with Crippen LogP contribution in [0.3, 0.4) is 0 Å². The normalized spacial score (nSPS) is 27.7. The third kappa shape index (κ3) is 3.68. The van der Waals surface area contributed by atoms with Crippen LogP contribution >= 0.6 is 0 Å². The quantitative estimate of drug-likeness (QED) is 0.653. The van der Waals surface area contributed by atoms with Gasteiger partial charge in [-0.05, 0) is 40.2 Å². The Labute approximate surface area is 79.8 Å². The molecule has 1 saturated carbocycles. The monoisotopic (exact) mass is 185 g/mol. The van der Waals surface area contributed by atoms with Gasteiger partial charge in [0.1, 0.15) is 5.60 Å². The second-order valence-electron chi connectivity index (χ2n) is 4.60. The van der Waals surface area contributed by atoms with Gasteiger partial charge in [-0.15, -0.1) is 0 Å². The molecule has 1 rings (SSSR count). The van der Waals surface area contributed by atoms with Crippen molar-refractivity contribution in [3.05, 3.63) is 12.5 Å². The summed E-state index contributed by atoms with van der Waals surface area (Å²) < 4.78 is 5.49. The fraction of sp³-hybridized carbons (Fsp3) is 0.800. The number of rotatable bonds is 3. The number of aliphatic hydroxyl groups is 1. The minimum absolute atomic E-state index is 0.139. The summed E-state index contributed by atoms with van der Waals surface area (Å²) in [5, 5.41) is 12.2. The van der Waals surface area contributed by atoms with Crippen molar-refractivity contribution in [2.24, 2.45) is 0 Å². The van der Waals surface area contributed by atoms with Gasteiger partial charge in [0.2, 0.25) is 0 Å². The topological polar surface area (TPSA) is 41.5 Å². The SMILES string of the molecule is C=C(N[C@H]1C[C@H](O)C1)OC(C)(C)C. The lowest BCUT2D eigenvalue weighted by Crippen LogP contribution is -2.44. The highest BCUT2D eigenvalue weighted by atomic mass is 16.5. The highest BCUT2D eigenvalue weighted by molar-refractivity contribution is 4.93. The van der Waals surface area contributed by atoms with E-state index in [-0.39, 0.29) is 11.7 Å². The standard InChI is InChI=1S/C10H19NO2/c1-7(13-10(2,3)4)11-8-5-9(12)6-8/h8-9,11-12H,1,5-6H2,2-4H3/t8-,9-. The molecule has 3 nitrogen and oxygen atoms in total. The fourth-order valence-electron chi connectivity index (χ4n) is 1.33. The third-order valence-electron chi connectivity index (χ3n) is 1.91. The molecule has 0 radical (unpaired) electrons. The Morgan fingerprint density at radius 1 is 1.46 bits per heavy atom. The van der Waals surface area contributed by atoms with Crippen molar-refractivity contribution in [3.8, 4) is 0 Å². The average Bonchev–Trinajstić information content (AvgIpc) is 1.79. The molecule has 0 spiro atoms. The van der Waals surface area contributed by atoms with Gasteiger partial charge in [-0.3, -0.25) is 0 Å². The predicted octanol–water partition coefficient (Wildman–Crippen LogP) is 1.39. The molecule has 0 aliphatic heterocycles. The van der Waals surface area contributed by atoms with Crippen LogP contribution in [-0.2, 0) is 4.74 Å². The molecule has 0 heterocycles. The van der Waals surface area contributed by atoms with Crippen LogP contribution in [0.5, 0.6) is 0 Å². The first-order chi connectivity index (χ1) is 5.87. The van der Waals surface area contributed by atoms with Crippen molar-refractivity contribution < 1.29 is 9.84 Å². The van der Waals surface area contributed by atoms with Crippen molar-refractivity contribution in [2.45, 2.75) is 51.4 Å². The summed E-state index contributed by atoms with van der Waals surface area (Å²) in [4.78, 5) is 0. The second kappa shape index (κ2) is 3.58. The Hall–Kier alpha value is -0.700. The maximum Gasteiger partial charge on any atom is 0.180 e. The van der Waals surface area contributed by atoms with Crippen molar-refractivity contribution in [2.75, 3.05) is 0 Å². The number of ether oxygens (including phenoxy) is 1. The van der Waals surface area contributed by atoms with E-state index in [1.54, 1.807) is 0 Å². The minimum Gasteiger partial charge on any atom is -0.474 e. The molecule has 0 aromatic rings. The fourth-order valence-corrected chi connectivity index (χ4v) is 1.33. The molecule has 76 valence electrons. The van der Waals surface area contributed by atoms with Crippen LogP contribution in [0.25, 0.3) is 0 Å². The molecule has 3 heteroatoms. The van der Waals surface area contributed by atoms with Gasteiger partial charge < -0.3 is 15.2 Å². The first-order valence-corrected chi connectivity index (χ1v) is 4.69. The summed E-state index contributed by atoms with van der Waals surface area (Å²) in [6.45, 7) is 9.72. The van der Waals surface area contributed by atoms with Crippen molar-refractivity contribution in [1.29, 1.82) is 0 Å². The van der Waals surface area contributed by atoms with Gasteiger partial charge in [0.25, 0.3) is 0 Å². The smallest absolute Gasteiger partial charge is 0.180 e. The Kier molecular flexibility index (Phi) is 2.86. The molecular formula is C10H19NO2. The molecule has 1 fully saturated rings. The summed E-state index contributed by atoms with van der Waals surface area (Å²) in [5.74, 6) is 0.601. The van der Waals surface area contributed by atoms with E-state index < -0.39 is 0 Å². The van der Waals surface area contributed by atoms with E-state index in [0.717, 1.165) is 12.8 Å². The molecule has 13 heavy (non-hydrogen) atoms. The van der Waals surface area contributed by atoms with E-state index in [0.29, 0.717) is 11.9 Å². The van der Waals surface area contributed by atoms with Gasteiger partial charge in [-0.25, -0.2) is 0 Å². The van der Waals surface area contributed by atoms with Crippen molar-refractivity contribution in [1.82, 2.24) is 5.32 Å². The molecule has 0 atom stereocenters. The number of hydrogen-bond donors (Lipinski definition) is 2. The lowest BCUT2D eigenvalue weighted by atomic mass is 9.90. The molecule has 0 bridgehead atoms. The molecule has 0 amide bonds. The first kappa shape index (κ1) is 10.4. The minimum atomic E-state index is -0.202. The Morgan fingerprint density at radius 3 is 2.38 bits per heavy atom. The van der Waals surface area contributed by atoms with Crippen LogP contribution in [-0.4, -0.2) is 22.9 Å². The highest BCUT2D eigenvalue weighted by Gasteiger charge is 2.28. The van der Waals surface area contributed by atoms with Gasteiger partial charge in [-0.2, -0.15) is 0 Å². The van der Waals surface area contributed by atoms with Gasteiger partial charge in [0.15, 0.2) is 5.88 Å². The summed E-state index contributed by atoms with van der Waals surface area (Å²) in [7, 11) is 0. The lowest BCUT2D eigenvalue weighted by Gasteiger charge is -2.34. The van der Waals surface area contributed by atoms with E-state index in [1.807, 2.05) is 20.8 Å².